The van der Waals surface area contributed by atoms with Gasteiger partial charge in [-0.3, -0.25) is 0 Å². The molecule has 1 aliphatic heterocycles. The Kier molecular flexibility index (Phi) is 4.25. The van der Waals surface area contributed by atoms with Gasteiger partial charge in [-0.15, -0.1) is 11.3 Å². The fourth-order valence-electron chi connectivity index (χ4n) is 2.52. The molecule has 0 amide bonds. The maximum absolute atomic E-state index is 5.93. The predicted molar refractivity (Wildman–Crippen MR) is 92.9 cm³/mol. The standard InChI is InChI=1S/C16H23N5OS/c1-10-7-13(20-15(17)18-10)21-5-6-22-11(8-21)14-19-12(9-23-14)16(2,3)4/h7,9,11H,5-6,8H2,1-4H3,(H2,17,18,20). The highest BCUT2D eigenvalue weighted by Crippen LogP contribution is 2.31. The average Bonchev–Trinajstić information content (AvgIpc) is 2.96. The van der Waals surface area contributed by atoms with Crippen molar-refractivity contribution in [1.29, 1.82) is 0 Å². The minimum absolute atomic E-state index is 0.0265. The number of thiazole rings is 1. The number of anilines is 2. The second kappa shape index (κ2) is 6.05. The molecule has 6 nitrogen and oxygen atoms in total. The molecular weight excluding hydrogens is 310 g/mol. The van der Waals surface area contributed by atoms with E-state index >= 15 is 0 Å². The molecule has 124 valence electrons. The highest BCUT2D eigenvalue weighted by atomic mass is 32.1. The third-order valence-electron chi connectivity index (χ3n) is 3.81. The van der Waals surface area contributed by atoms with Crippen LogP contribution in [0, 0.1) is 6.92 Å². The van der Waals surface area contributed by atoms with Crippen LogP contribution in [-0.4, -0.2) is 34.6 Å². The molecule has 0 aromatic carbocycles. The van der Waals surface area contributed by atoms with E-state index in [9.17, 15) is 0 Å². The van der Waals surface area contributed by atoms with E-state index in [0.29, 0.717) is 12.6 Å². The van der Waals surface area contributed by atoms with Crippen molar-refractivity contribution in [3.05, 3.63) is 27.8 Å². The summed E-state index contributed by atoms with van der Waals surface area (Å²) in [5.74, 6) is 1.17. The van der Waals surface area contributed by atoms with Gasteiger partial charge < -0.3 is 15.4 Å². The topological polar surface area (TPSA) is 77.2 Å². The molecule has 1 unspecified atom stereocenters. The molecule has 2 aromatic heterocycles. The lowest BCUT2D eigenvalue weighted by Crippen LogP contribution is -2.39. The zero-order valence-corrected chi connectivity index (χ0v) is 14.9. The summed E-state index contributed by atoms with van der Waals surface area (Å²) in [4.78, 5) is 15.5. The van der Waals surface area contributed by atoms with Gasteiger partial charge in [0, 0.05) is 29.1 Å². The van der Waals surface area contributed by atoms with Crippen LogP contribution >= 0.6 is 11.3 Å². The van der Waals surface area contributed by atoms with Crippen molar-refractivity contribution in [3.8, 4) is 0 Å². The molecule has 2 aromatic rings. The highest BCUT2D eigenvalue weighted by molar-refractivity contribution is 7.09. The van der Waals surface area contributed by atoms with Gasteiger partial charge in [-0.1, -0.05) is 20.8 Å². The van der Waals surface area contributed by atoms with Crippen molar-refractivity contribution < 1.29 is 4.74 Å². The monoisotopic (exact) mass is 333 g/mol. The Morgan fingerprint density at radius 3 is 2.74 bits per heavy atom. The summed E-state index contributed by atoms with van der Waals surface area (Å²) in [7, 11) is 0. The predicted octanol–water partition coefficient (Wildman–Crippen LogP) is 2.70. The van der Waals surface area contributed by atoms with Crippen LogP contribution in [0.1, 0.15) is 43.3 Å². The molecule has 23 heavy (non-hydrogen) atoms. The van der Waals surface area contributed by atoms with Crippen LogP contribution in [0.5, 0.6) is 0 Å². The van der Waals surface area contributed by atoms with E-state index < -0.39 is 0 Å². The Hall–Kier alpha value is -1.73. The molecule has 0 radical (unpaired) electrons. The smallest absolute Gasteiger partial charge is 0.222 e. The number of nitrogens with two attached hydrogens (primary N) is 1. The van der Waals surface area contributed by atoms with E-state index in [1.165, 1.54) is 0 Å². The summed E-state index contributed by atoms with van der Waals surface area (Å²) in [6.07, 6.45) is -0.0265. The summed E-state index contributed by atoms with van der Waals surface area (Å²) < 4.78 is 5.93. The number of hydrogen-bond donors (Lipinski definition) is 1. The minimum atomic E-state index is -0.0265. The Balaban J connectivity index is 1.79. The number of ether oxygens (including phenoxy) is 1. The molecule has 0 saturated carbocycles. The molecule has 0 bridgehead atoms. The van der Waals surface area contributed by atoms with E-state index in [-0.39, 0.29) is 11.5 Å². The lowest BCUT2D eigenvalue weighted by molar-refractivity contribution is 0.0392. The third-order valence-corrected chi connectivity index (χ3v) is 4.75. The molecular formula is C16H23N5OS. The number of nitrogens with zero attached hydrogens (tertiary/aromatic N) is 4. The first-order chi connectivity index (χ1) is 10.8. The number of aromatic nitrogens is 3. The summed E-state index contributed by atoms with van der Waals surface area (Å²) >= 11 is 1.67. The second-order valence-corrected chi connectivity index (χ2v) is 7.74. The van der Waals surface area contributed by atoms with Crippen LogP contribution in [-0.2, 0) is 10.2 Å². The quantitative estimate of drug-likeness (QED) is 0.910. The first-order valence-electron chi connectivity index (χ1n) is 7.76. The zero-order valence-electron chi connectivity index (χ0n) is 14.0. The number of nitrogen functional groups attached to an aromatic ring is 1. The SMILES string of the molecule is Cc1cc(N2CCOC(c3nc(C(C)(C)C)cs3)C2)nc(N)n1. The first kappa shape index (κ1) is 16.1. The molecule has 1 saturated heterocycles. The van der Waals surface area contributed by atoms with Crippen molar-refractivity contribution in [2.75, 3.05) is 30.3 Å². The van der Waals surface area contributed by atoms with Crippen molar-refractivity contribution in [3.63, 3.8) is 0 Å². The fourth-order valence-corrected chi connectivity index (χ4v) is 3.61. The van der Waals surface area contributed by atoms with Crippen LogP contribution in [0.2, 0.25) is 0 Å². The third kappa shape index (κ3) is 3.61. The zero-order chi connectivity index (χ0) is 16.6. The van der Waals surface area contributed by atoms with E-state index in [0.717, 1.165) is 35.3 Å². The summed E-state index contributed by atoms with van der Waals surface area (Å²) in [5.41, 5.74) is 7.82. The van der Waals surface area contributed by atoms with E-state index in [1.807, 2.05) is 13.0 Å². The Bertz CT molecular complexity index is 674. The normalized spacial score (nSPS) is 19.1. The molecule has 3 rings (SSSR count). The molecule has 2 N–H and O–H groups in total. The van der Waals surface area contributed by atoms with Crippen LogP contribution in [0.25, 0.3) is 0 Å². The van der Waals surface area contributed by atoms with Gasteiger partial charge in [-0.05, 0) is 6.92 Å². The van der Waals surface area contributed by atoms with Gasteiger partial charge >= 0.3 is 0 Å². The van der Waals surface area contributed by atoms with Gasteiger partial charge in [0.15, 0.2) is 0 Å². The molecule has 7 heteroatoms. The number of hydrogen-bond acceptors (Lipinski definition) is 7. The van der Waals surface area contributed by atoms with E-state index in [1.54, 1.807) is 11.3 Å². The van der Waals surface area contributed by atoms with E-state index in [4.69, 9.17) is 15.5 Å². The lowest BCUT2D eigenvalue weighted by atomic mass is 9.93. The maximum Gasteiger partial charge on any atom is 0.222 e. The van der Waals surface area contributed by atoms with Crippen LogP contribution in [0.3, 0.4) is 0 Å². The van der Waals surface area contributed by atoms with E-state index in [2.05, 4.69) is 41.0 Å². The van der Waals surface area contributed by atoms with Crippen molar-refractivity contribution in [1.82, 2.24) is 15.0 Å². The molecule has 1 atom stereocenters. The molecule has 0 aliphatic carbocycles. The van der Waals surface area contributed by atoms with Gasteiger partial charge in [-0.25, -0.2) is 9.97 Å². The minimum Gasteiger partial charge on any atom is -0.368 e. The fraction of sp³-hybridized carbons (Fsp3) is 0.562. The van der Waals surface area contributed by atoms with Crippen molar-refractivity contribution >= 4 is 23.1 Å². The second-order valence-electron chi connectivity index (χ2n) is 6.85. The highest BCUT2D eigenvalue weighted by Gasteiger charge is 2.27. The first-order valence-corrected chi connectivity index (χ1v) is 8.64. The van der Waals surface area contributed by atoms with Gasteiger partial charge in [0.1, 0.15) is 16.9 Å². The molecule has 1 fully saturated rings. The van der Waals surface area contributed by atoms with Crippen LogP contribution in [0.4, 0.5) is 11.8 Å². The van der Waals surface area contributed by atoms with Crippen molar-refractivity contribution in [2.24, 2.45) is 0 Å². The summed E-state index contributed by atoms with van der Waals surface area (Å²) in [6.45, 7) is 10.6. The molecule has 1 aliphatic rings. The van der Waals surface area contributed by atoms with Crippen LogP contribution < -0.4 is 10.6 Å². The average molecular weight is 333 g/mol. The van der Waals surface area contributed by atoms with Crippen LogP contribution in [0.15, 0.2) is 11.4 Å². The van der Waals surface area contributed by atoms with Crippen molar-refractivity contribution in [2.45, 2.75) is 39.2 Å². The number of aryl methyl sites for hydroxylation is 1. The van der Waals surface area contributed by atoms with Gasteiger partial charge in [0.25, 0.3) is 0 Å². The summed E-state index contributed by atoms with van der Waals surface area (Å²) in [6, 6.07) is 1.96. The number of morpholine rings is 1. The van der Waals surface area contributed by atoms with Gasteiger partial charge in [-0.2, -0.15) is 4.98 Å². The van der Waals surface area contributed by atoms with Gasteiger partial charge in [0.05, 0.1) is 18.8 Å². The Labute approximate surface area is 140 Å². The largest absolute Gasteiger partial charge is 0.368 e. The summed E-state index contributed by atoms with van der Waals surface area (Å²) in [5, 5.41) is 3.16. The van der Waals surface area contributed by atoms with Gasteiger partial charge in [0.2, 0.25) is 5.95 Å². The Morgan fingerprint density at radius 1 is 1.30 bits per heavy atom. The molecule has 0 spiro atoms. The maximum atomic E-state index is 5.93. The Morgan fingerprint density at radius 2 is 2.09 bits per heavy atom. The lowest BCUT2D eigenvalue weighted by Gasteiger charge is -2.33. The number of rotatable bonds is 2. The molecule has 3 heterocycles.